The van der Waals surface area contributed by atoms with E-state index in [2.05, 4.69) is 10.3 Å². The molecule has 1 amide bonds. The third-order valence-electron chi connectivity index (χ3n) is 3.87. The molecule has 0 aliphatic rings. The molecule has 0 bridgehead atoms. The second kappa shape index (κ2) is 7.78. The van der Waals surface area contributed by atoms with Crippen molar-refractivity contribution >= 4 is 16.8 Å². The summed E-state index contributed by atoms with van der Waals surface area (Å²) in [5.74, 6) is 0.490. The van der Waals surface area contributed by atoms with E-state index in [0.29, 0.717) is 36.3 Å². The van der Waals surface area contributed by atoms with Crippen LogP contribution in [0, 0.1) is 5.41 Å². The van der Waals surface area contributed by atoms with Gasteiger partial charge in [-0.15, -0.1) is 0 Å². The van der Waals surface area contributed by atoms with Crippen LogP contribution in [-0.4, -0.2) is 29.2 Å². The summed E-state index contributed by atoms with van der Waals surface area (Å²) in [6.45, 7) is 8.68. The zero-order valence-corrected chi connectivity index (χ0v) is 15.6. The number of hydrogen-bond donors (Lipinski definition) is 1. The molecule has 0 saturated heterocycles. The molecule has 1 unspecified atom stereocenters. The number of carbonyl (C=O) groups is 1. The van der Waals surface area contributed by atoms with Gasteiger partial charge in [-0.05, 0) is 24.5 Å². The lowest BCUT2D eigenvalue weighted by atomic mass is 9.92. The van der Waals surface area contributed by atoms with E-state index >= 15 is 0 Å². The molecule has 2 aromatic rings. The Morgan fingerprint density at radius 1 is 1.32 bits per heavy atom. The van der Waals surface area contributed by atoms with E-state index in [9.17, 15) is 9.59 Å². The number of methoxy groups -OCH3 is 1. The van der Waals surface area contributed by atoms with Gasteiger partial charge in [0.1, 0.15) is 5.82 Å². The summed E-state index contributed by atoms with van der Waals surface area (Å²) in [4.78, 5) is 29.7. The van der Waals surface area contributed by atoms with Gasteiger partial charge in [-0.1, -0.05) is 32.9 Å². The maximum atomic E-state index is 12.8. The number of nitrogens with zero attached hydrogens (tertiary/aromatic N) is 2. The van der Waals surface area contributed by atoms with Crippen molar-refractivity contribution in [1.29, 1.82) is 0 Å². The summed E-state index contributed by atoms with van der Waals surface area (Å²) in [7, 11) is 1.59. The average molecular weight is 345 g/mol. The first-order valence-corrected chi connectivity index (χ1v) is 8.50. The van der Waals surface area contributed by atoms with Crippen LogP contribution >= 0.6 is 0 Å². The number of para-hydroxylation sites is 1. The largest absolute Gasteiger partial charge is 0.383 e. The lowest BCUT2D eigenvalue weighted by Crippen LogP contribution is -2.35. The summed E-state index contributed by atoms with van der Waals surface area (Å²) in [5, 5.41) is 3.52. The molecular weight excluding hydrogens is 318 g/mol. The summed E-state index contributed by atoms with van der Waals surface area (Å²) in [6.07, 6.45) is 0.410. The van der Waals surface area contributed by atoms with Crippen molar-refractivity contribution in [3.63, 3.8) is 0 Å². The van der Waals surface area contributed by atoms with Crippen molar-refractivity contribution in [2.75, 3.05) is 13.7 Å². The van der Waals surface area contributed by atoms with Gasteiger partial charge < -0.3 is 10.1 Å². The SMILES string of the molecule is COCCn1c(C(C)NC(=O)CC(C)(C)C)nc2ccccc2c1=O. The van der Waals surface area contributed by atoms with E-state index in [1.165, 1.54) is 0 Å². The predicted molar refractivity (Wildman–Crippen MR) is 98.5 cm³/mol. The molecule has 0 fully saturated rings. The van der Waals surface area contributed by atoms with Crippen molar-refractivity contribution < 1.29 is 9.53 Å². The maximum absolute atomic E-state index is 12.8. The van der Waals surface area contributed by atoms with Crippen LogP contribution in [0.5, 0.6) is 0 Å². The number of nitrogens with one attached hydrogen (secondary N) is 1. The number of fused-ring (bicyclic) bond motifs is 1. The Labute approximate surface area is 148 Å². The molecule has 1 aromatic carbocycles. The van der Waals surface area contributed by atoms with E-state index in [-0.39, 0.29) is 22.9 Å². The van der Waals surface area contributed by atoms with Crippen LogP contribution in [0.1, 0.15) is 46.0 Å². The molecule has 25 heavy (non-hydrogen) atoms. The van der Waals surface area contributed by atoms with Crippen LogP contribution in [0.2, 0.25) is 0 Å². The molecule has 0 aliphatic carbocycles. The minimum atomic E-state index is -0.371. The number of amides is 1. The quantitative estimate of drug-likeness (QED) is 0.873. The normalized spacial score (nSPS) is 13.0. The van der Waals surface area contributed by atoms with E-state index in [1.54, 1.807) is 17.7 Å². The van der Waals surface area contributed by atoms with Crippen LogP contribution < -0.4 is 10.9 Å². The Hall–Kier alpha value is -2.21. The fourth-order valence-electron chi connectivity index (χ4n) is 2.75. The average Bonchev–Trinajstić information content (AvgIpc) is 2.52. The molecule has 1 heterocycles. The fourth-order valence-corrected chi connectivity index (χ4v) is 2.75. The summed E-state index contributed by atoms with van der Waals surface area (Å²) in [6, 6.07) is 6.87. The second-order valence-electron chi connectivity index (χ2n) is 7.46. The summed E-state index contributed by atoms with van der Waals surface area (Å²) < 4.78 is 6.71. The Balaban J connectivity index is 2.40. The molecule has 1 atom stereocenters. The standard InChI is InChI=1S/C19H27N3O3/c1-13(20-16(23)12-19(2,3)4)17-21-15-9-7-6-8-14(15)18(24)22(17)10-11-25-5/h6-9,13H,10-12H2,1-5H3,(H,20,23). The van der Waals surface area contributed by atoms with Gasteiger partial charge in [0.15, 0.2) is 0 Å². The third kappa shape index (κ3) is 4.89. The number of ether oxygens (including phenoxy) is 1. The molecule has 6 heteroatoms. The van der Waals surface area contributed by atoms with Crippen LogP contribution in [0.4, 0.5) is 0 Å². The van der Waals surface area contributed by atoms with Gasteiger partial charge in [0.2, 0.25) is 5.91 Å². The van der Waals surface area contributed by atoms with Gasteiger partial charge >= 0.3 is 0 Å². The zero-order chi connectivity index (χ0) is 18.6. The van der Waals surface area contributed by atoms with E-state index in [4.69, 9.17) is 4.74 Å². The number of rotatable bonds is 6. The molecule has 0 aliphatic heterocycles. The molecule has 136 valence electrons. The van der Waals surface area contributed by atoms with Gasteiger partial charge in [-0.25, -0.2) is 4.98 Å². The molecular formula is C19H27N3O3. The second-order valence-corrected chi connectivity index (χ2v) is 7.46. The van der Waals surface area contributed by atoms with Gasteiger partial charge in [0.25, 0.3) is 5.56 Å². The van der Waals surface area contributed by atoms with Crippen molar-refractivity contribution in [2.45, 2.75) is 46.7 Å². The highest BCUT2D eigenvalue weighted by Crippen LogP contribution is 2.19. The van der Waals surface area contributed by atoms with Crippen LogP contribution in [0.15, 0.2) is 29.1 Å². The van der Waals surface area contributed by atoms with Crippen molar-refractivity contribution in [3.8, 4) is 0 Å². The Morgan fingerprint density at radius 2 is 2.00 bits per heavy atom. The van der Waals surface area contributed by atoms with Crippen LogP contribution in [-0.2, 0) is 16.1 Å². The molecule has 1 aromatic heterocycles. The molecule has 1 N–H and O–H groups in total. The molecule has 0 radical (unpaired) electrons. The van der Waals surface area contributed by atoms with E-state index < -0.39 is 0 Å². The van der Waals surface area contributed by atoms with Gasteiger partial charge in [0.05, 0.1) is 30.1 Å². The van der Waals surface area contributed by atoms with Crippen LogP contribution in [0.25, 0.3) is 10.9 Å². The topological polar surface area (TPSA) is 73.2 Å². The first kappa shape index (κ1) is 19.1. The minimum absolute atomic E-state index is 0.0549. The fraction of sp³-hybridized carbons (Fsp3) is 0.526. The van der Waals surface area contributed by atoms with Gasteiger partial charge in [-0.3, -0.25) is 14.2 Å². The maximum Gasteiger partial charge on any atom is 0.261 e. The van der Waals surface area contributed by atoms with E-state index in [1.807, 2.05) is 45.9 Å². The Morgan fingerprint density at radius 3 is 2.64 bits per heavy atom. The highest BCUT2D eigenvalue weighted by molar-refractivity contribution is 5.78. The van der Waals surface area contributed by atoms with Crippen LogP contribution in [0.3, 0.4) is 0 Å². The molecule has 2 rings (SSSR count). The van der Waals surface area contributed by atoms with E-state index in [0.717, 1.165) is 0 Å². The minimum Gasteiger partial charge on any atom is -0.383 e. The highest BCUT2D eigenvalue weighted by Gasteiger charge is 2.21. The Kier molecular flexibility index (Phi) is 5.95. The number of aromatic nitrogens is 2. The number of carbonyl (C=O) groups excluding carboxylic acids is 1. The third-order valence-corrected chi connectivity index (χ3v) is 3.87. The number of benzene rings is 1. The van der Waals surface area contributed by atoms with Crippen molar-refractivity contribution in [3.05, 3.63) is 40.4 Å². The first-order chi connectivity index (χ1) is 11.7. The first-order valence-electron chi connectivity index (χ1n) is 8.50. The Bertz CT molecular complexity index is 806. The van der Waals surface area contributed by atoms with Crippen molar-refractivity contribution in [1.82, 2.24) is 14.9 Å². The molecule has 0 spiro atoms. The lowest BCUT2D eigenvalue weighted by molar-refractivity contribution is -0.123. The summed E-state index contributed by atoms with van der Waals surface area (Å²) in [5.41, 5.74) is 0.415. The highest BCUT2D eigenvalue weighted by atomic mass is 16.5. The molecule has 0 saturated carbocycles. The lowest BCUT2D eigenvalue weighted by Gasteiger charge is -2.22. The van der Waals surface area contributed by atoms with Crippen molar-refractivity contribution in [2.24, 2.45) is 5.41 Å². The molecule has 6 nitrogen and oxygen atoms in total. The van der Waals surface area contributed by atoms with Gasteiger partial charge in [-0.2, -0.15) is 0 Å². The monoisotopic (exact) mass is 345 g/mol. The predicted octanol–water partition coefficient (Wildman–Crippen LogP) is 2.66. The summed E-state index contributed by atoms with van der Waals surface area (Å²) >= 11 is 0. The van der Waals surface area contributed by atoms with Gasteiger partial charge in [0, 0.05) is 13.5 Å². The zero-order valence-electron chi connectivity index (χ0n) is 15.6. The smallest absolute Gasteiger partial charge is 0.261 e. The number of hydrogen-bond acceptors (Lipinski definition) is 4.